The molecule has 1 amide bonds. The number of ether oxygens (including phenoxy) is 1. The van der Waals surface area contributed by atoms with Gasteiger partial charge in [-0.15, -0.1) is 0 Å². The molecule has 6 heteroatoms. The lowest BCUT2D eigenvalue weighted by molar-refractivity contribution is 0.0945. The van der Waals surface area contributed by atoms with E-state index < -0.39 is 0 Å². The largest absolute Gasteiger partial charge is 0.492 e. The Hall–Kier alpha value is -3.41. The predicted molar refractivity (Wildman–Crippen MR) is 110 cm³/mol. The van der Waals surface area contributed by atoms with Gasteiger partial charge in [-0.25, -0.2) is 9.97 Å². The second kappa shape index (κ2) is 8.99. The number of anilines is 2. The monoisotopic (exact) mass is 376 g/mol. The number of benzene rings is 2. The summed E-state index contributed by atoms with van der Waals surface area (Å²) < 4.78 is 5.62. The second-order valence-electron chi connectivity index (χ2n) is 6.44. The Bertz CT molecular complexity index is 972. The van der Waals surface area contributed by atoms with E-state index in [4.69, 9.17) is 4.74 Å². The average molecular weight is 376 g/mol. The molecule has 3 rings (SSSR count). The fourth-order valence-corrected chi connectivity index (χ4v) is 2.81. The lowest BCUT2D eigenvalue weighted by atomic mass is 10.1. The molecule has 1 heterocycles. The molecule has 0 atom stereocenters. The van der Waals surface area contributed by atoms with Crippen LogP contribution in [0.4, 0.5) is 11.6 Å². The second-order valence-corrected chi connectivity index (χ2v) is 6.44. The molecule has 0 aliphatic heterocycles. The van der Waals surface area contributed by atoms with Crippen LogP contribution < -0.4 is 15.4 Å². The van der Waals surface area contributed by atoms with E-state index in [1.807, 2.05) is 69.3 Å². The first-order valence-corrected chi connectivity index (χ1v) is 9.23. The maximum Gasteiger partial charge on any atom is 0.270 e. The van der Waals surface area contributed by atoms with Gasteiger partial charge in [0.2, 0.25) is 5.95 Å². The van der Waals surface area contributed by atoms with E-state index in [1.54, 1.807) is 6.07 Å². The summed E-state index contributed by atoms with van der Waals surface area (Å²) in [6.07, 6.45) is 0. The zero-order valence-electron chi connectivity index (χ0n) is 16.3. The maximum absolute atomic E-state index is 12.6. The number of aromatic nitrogens is 2. The third-order valence-electron chi connectivity index (χ3n) is 4.06. The van der Waals surface area contributed by atoms with Crippen LogP contribution in [-0.4, -0.2) is 22.5 Å². The molecule has 2 aromatic carbocycles. The van der Waals surface area contributed by atoms with Crippen LogP contribution in [0, 0.1) is 13.8 Å². The third-order valence-corrected chi connectivity index (χ3v) is 4.06. The topological polar surface area (TPSA) is 76.1 Å². The van der Waals surface area contributed by atoms with Gasteiger partial charge in [-0.1, -0.05) is 42.0 Å². The predicted octanol–water partition coefficient (Wildman–Crippen LogP) is 4.17. The first-order valence-electron chi connectivity index (χ1n) is 9.23. The average Bonchev–Trinajstić information content (AvgIpc) is 2.67. The molecule has 0 aliphatic rings. The number of rotatable bonds is 7. The molecule has 0 aliphatic carbocycles. The van der Waals surface area contributed by atoms with Crippen molar-refractivity contribution in [2.45, 2.75) is 27.3 Å². The molecule has 0 saturated heterocycles. The minimum Gasteiger partial charge on any atom is -0.492 e. The Kier molecular flexibility index (Phi) is 6.22. The van der Waals surface area contributed by atoms with Gasteiger partial charge < -0.3 is 15.4 Å². The summed E-state index contributed by atoms with van der Waals surface area (Å²) in [6.45, 7) is 6.78. The molecule has 6 nitrogen and oxygen atoms in total. The minimum atomic E-state index is -0.242. The van der Waals surface area contributed by atoms with Crippen molar-refractivity contribution in [1.29, 1.82) is 0 Å². The summed E-state index contributed by atoms with van der Waals surface area (Å²) in [5.41, 5.74) is 3.97. The molecular weight excluding hydrogens is 352 g/mol. The number of nitrogens with one attached hydrogen (secondary N) is 2. The number of amides is 1. The van der Waals surface area contributed by atoms with Crippen molar-refractivity contribution in [3.05, 3.63) is 77.1 Å². The van der Waals surface area contributed by atoms with Gasteiger partial charge in [0.25, 0.3) is 5.91 Å². The zero-order chi connectivity index (χ0) is 19.9. The van der Waals surface area contributed by atoms with Crippen molar-refractivity contribution in [1.82, 2.24) is 15.3 Å². The summed E-state index contributed by atoms with van der Waals surface area (Å²) in [4.78, 5) is 21.3. The number of hydrogen-bond donors (Lipinski definition) is 2. The van der Waals surface area contributed by atoms with Crippen LogP contribution in [0.3, 0.4) is 0 Å². The van der Waals surface area contributed by atoms with Gasteiger partial charge in [0, 0.05) is 12.2 Å². The molecular formula is C22H24N4O2. The van der Waals surface area contributed by atoms with Gasteiger partial charge in [0.1, 0.15) is 11.4 Å². The highest BCUT2D eigenvalue weighted by atomic mass is 16.5. The Labute approximate surface area is 165 Å². The van der Waals surface area contributed by atoms with E-state index in [2.05, 4.69) is 20.6 Å². The number of carbonyl (C=O) groups is 1. The first-order chi connectivity index (χ1) is 13.5. The van der Waals surface area contributed by atoms with Crippen LogP contribution in [0.2, 0.25) is 0 Å². The van der Waals surface area contributed by atoms with Crippen LogP contribution in [0.1, 0.15) is 34.2 Å². The van der Waals surface area contributed by atoms with Crippen LogP contribution in [-0.2, 0) is 6.54 Å². The number of carbonyl (C=O) groups excluding carboxylic acids is 1. The highest BCUT2D eigenvalue weighted by molar-refractivity contribution is 5.92. The van der Waals surface area contributed by atoms with E-state index >= 15 is 0 Å². The smallest absolute Gasteiger partial charge is 0.270 e. The first kappa shape index (κ1) is 19.4. The zero-order valence-corrected chi connectivity index (χ0v) is 16.3. The van der Waals surface area contributed by atoms with E-state index in [0.717, 1.165) is 16.8 Å². The molecule has 28 heavy (non-hydrogen) atoms. The molecule has 0 bridgehead atoms. The summed E-state index contributed by atoms with van der Waals surface area (Å²) in [5, 5.41) is 6.06. The highest BCUT2D eigenvalue weighted by Gasteiger charge is 2.12. The van der Waals surface area contributed by atoms with Gasteiger partial charge in [-0.3, -0.25) is 4.79 Å². The van der Waals surface area contributed by atoms with Crippen molar-refractivity contribution < 1.29 is 9.53 Å². The summed E-state index contributed by atoms with van der Waals surface area (Å²) in [7, 11) is 0. The van der Waals surface area contributed by atoms with Gasteiger partial charge in [0.05, 0.1) is 12.3 Å². The highest BCUT2D eigenvalue weighted by Crippen LogP contribution is 2.26. The molecule has 0 radical (unpaired) electrons. The Morgan fingerprint density at radius 2 is 1.86 bits per heavy atom. The fourth-order valence-electron chi connectivity index (χ4n) is 2.81. The van der Waals surface area contributed by atoms with Crippen molar-refractivity contribution >= 4 is 17.5 Å². The minimum absolute atomic E-state index is 0.242. The van der Waals surface area contributed by atoms with E-state index in [1.165, 1.54) is 0 Å². The Morgan fingerprint density at radius 1 is 1.04 bits per heavy atom. The van der Waals surface area contributed by atoms with Crippen LogP contribution in [0.25, 0.3) is 0 Å². The fraction of sp³-hybridized carbons (Fsp3) is 0.227. The Morgan fingerprint density at radius 3 is 2.64 bits per heavy atom. The van der Waals surface area contributed by atoms with Crippen molar-refractivity contribution in [2.75, 3.05) is 11.9 Å². The molecule has 1 aromatic heterocycles. The summed E-state index contributed by atoms with van der Waals surface area (Å²) in [5.74, 6) is 0.821. The van der Waals surface area contributed by atoms with E-state index in [-0.39, 0.29) is 5.91 Å². The van der Waals surface area contributed by atoms with Crippen molar-refractivity contribution in [3.8, 4) is 5.75 Å². The number of hydrogen-bond acceptors (Lipinski definition) is 5. The lowest BCUT2D eigenvalue weighted by Crippen LogP contribution is -2.24. The summed E-state index contributed by atoms with van der Waals surface area (Å²) in [6, 6.07) is 17.3. The van der Waals surface area contributed by atoms with Crippen molar-refractivity contribution in [3.63, 3.8) is 0 Å². The van der Waals surface area contributed by atoms with Gasteiger partial charge >= 0.3 is 0 Å². The van der Waals surface area contributed by atoms with Gasteiger partial charge in [-0.2, -0.15) is 0 Å². The molecule has 0 fully saturated rings. The van der Waals surface area contributed by atoms with Crippen LogP contribution >= 0.6 is 0 Å². The maximum atomic E-state index is 12.6. The molecule has 3 aromatic rings. The van der Waals surface area contributed by atoms with E-state index in [9.17, 15) is 4.79 Å². The normalized spacial score (nSPS) is 10.4. The van der Waals surface area contributed by atoms with E-state index in [0.29, 0.717) is 36.2 Å². The molecule has 144 valence electrons. The SMILES string of the molecule is CCOc1ccccc1Nc1nc(C)cc(C(=O)NCc2cccc(C)c2)n1. The summed E-state index contributed by atoms with van der Waals surface area (Å²) >= 11 is 0. The third kappa shape index (κ3) is 5.07. The number of aryl methyl sites for hydroxylation is 2. The van der Waals surface area contributed by atoms with Gasteiger partial charge in [-0.05, 0) is 44.5 Å². The number of para-hydroxylation sites is 2. The molecule has 0 spiro atoms. The van der Waals surface area contributed by atoms with Crippen molar-refractivity contribution in [2.24, 2.45) is 0 Å². The van der Waals surface area contributed by atoms with Crippen LogP contribution in [0.15, 0.2) is 54.6 Å². The molecule has 2 N–H and O–H groups in total. The Balaban J connectivity index is 1.75. The molecule has 0 unspecified atom stereocenters. The quantitative estimate of drug-likeness (QED) is 0.647. The lowest BCUT2D eigenvalue weighted by Gasteiger charge is -2.12. The van der Waals surface area contributed by atoms with Crippen LogP contribution in [0.5, 0.6) is 5.75 Å². The standard InChI is InChI=1S/C22H24N4O2/c1-4-28-20-11-6-5-10-18(20)25-22-24-16(3)13-19(26-22)21(27)23-14-17-9-7-8-15(2)12-17/h5-13H,4,14H2,1-3H3,(H,23,27)(H,24,25,26). The molecule has 0 saturated carbocycles. The number of nitrogens with zero attached hydrogens (tertiary/aromatic N) is 2. The van der Waals surface area contributed by atoms with Gasteiger partial charge in [0.15, 0.2) is 0 Å².